The molecular formula is C20H34N4O9. The summed E-state index contributed by atoms with van der Waals surface area (Å²) in [6.45, 7) is 6.80. The second kappa shape index (κ2) is 14.0. The second-order valence-electron chi connectivity index (χ2n) is 8.45. The number of aliphatic carboxylic acids is 3. The van der Waals surface area contributed by atoms with Crippen LogP contribution in [-0.2, 0) is 28.8 Å². The number of rotatable bonds is 15. The lowest BCUT2D eigenvalue weighted by Gasteiger charge is -2.25. The Hall–Kier alpha value is -3.22. The third-order valence-electron chi connectivity index (χ3n) is 4.63. The van der Waals surface area contributed by atoms with Gasteiger partial charge in [0.15, 0.2) is 0 Å². The first-order chi connectivity index (χ1) is 15.1. The predicted molar refractivity (Wildman–Crippen MR) is 115 cm³/mol. The Labute approximate surface area is 191 Å². The summed E-state index contributed by atoms with van der Waals surface area (Å²) in [6.07, 6.45) is -1.64. The van der Waals surface area contributed by atoms with Crippen molar-refractivity contribution in [3.63, 3.8) is 0 Å². The van der Waals surface area contributed by atoms with Crippen molar-refractivity contribution in [2.45, 2.75) is 77.5 Å². The van der Waals surface area contributed by atoms with Crippen LogP contribution in [0.4, 0.5) is 0 Å². The van der Waals surface area contributed by atoms with Crippen LogP contribution >= 0.6 is 0 Å². The summed E-state index contributed by atoms with van der Waals surface area (Å²) in [4.78, 5) is 71.1. The molecule has 3 amide bonds. The third-order valence-corrected chi connectivity index (χ3v) is 4.63. The van der Waals surface area contributed by atoms with Gasteiger partial charge in [0.05, 0.1) is 12.5 Å². The van der Waals surface area contributed by atoms with Crippen molar-refractivity contribution in [2.24, 2.45) is 17.6 Å². The molecule has 4 atom stereocenters. The number of carboxylic acid groups (broad SMARTS) is 3. The predicted octanol–water partition coefficient (Wildman–Crippen LogP) is -1.11. The number of carbonyl (C=O) groups excluding carboxylic acids is 3. The molecule has 13 heteroatoms. The Morgan fingerprint density at radius 1 is 0.727 bits per heavy atom. The van der Waals surface area contributed by atoms with E-state index in [9.17, 15) is 33.9 Å². The third kappa shape index (κ3) is 11.8. The number of hydrogen-bond donors (Lipinski definition) is 7. The molecule has 33 heavy (non-hydrogen) atoms. The van der Waals surface area contributed by atoms with Crippen LogP contribution in [-0.4, -0.2) is 75.1 Å². The van der Waals surface area contributed by atoms with E-state index in [1.54, 1.807) is 27.7 Å². The summed E-state index contributed by atoms with van der Waals surface area (Å²) >= 11 is 0. The fourth-order valence-electron chi connectivity index (χ4n) is 2.73. The number of carbonyl (C=O) groups is 6. The van der Waals surface area contributed by atoms with Gasteiger partial charge in [-0.2, -0.15) is 0 Å². The van der Waals surface area contributed by atoms with Crippen LogP contribution < -0.4 is 21.7 Å². The average Bonchev–Trinajstić information content (AvgIpc) is 2.67. The molecule has 0 aliphatic heterocycles. The molecule has 13 nitrogen and oxygen atoms in total. The largest absolute Gasteiger partial charge is 0.481 e. The second-order valence-corrected chi connectivity index (χ2v) is 8.45. The van der Waals surface area contributed by atoms with Gasteiger partial charge >= 0.3 is 17.9 Å². The van der Waals surface area contributed by atoms with E-state index in [1.807, 2.05) is 0 Å². The van der Waals surface area contributed by atoms with Gasteiger partial charge in [0, 0.05) is 6.42 Å². The Morgan fingerprint density at radius 3 is 1.64 bits per heavy atom. The Morgan fingerprint density at radius 2 is 1.21 bits per heavy atom. The van der Waals surface area contributed by atoms with Crippen LogP contribution in [0.3, 0.4) is 0 Å². The number of carboxylic acids is 3. The highest BCUT2D eigenvalue weighted by Crippen LogP contribution is 2.07. The highest BCUT2D eigenvalue weighted by atomic mass is 16.4. The molecule has 0 rings (SSSR count). The highest BCUT2D eigenvalue weighted by molar-refractivity contribution is 5.95. The molecule has 0 bridgehead atoms. The van der Waals surface area contributed by atoms with Crippen molar-refractivity contribution in [1.82, 2.24) is 16.0 Å². The number of nitrogens with two attached hydrogens (primary N) is 1. The van der Waals surface area contributed by atoms with E-state index in [4.69, 9.17) is 15.9 Å². The van der Waals surface area contributed by atoms with Crippen LogP contribution in [0.25, 0.3) is 0 Å². The molecular weight excluding hydrogens is 440 g/mol. The van der Waals surface area contributed by atoms with Crippen molar-refractivity contribution in [3.8, 4) is 0 Å². The van der Waals surface area contributed by atoms with E-state index in [0.717, 1.165) is 0 Å². The monoisotopic (exact) mass is 474 g/mol. The van der Waals surface area contributed by atoms with Crippen molar-refractivity contribution < 1.29 is 44.1 Å². The fraction of sp³-hybridized carbons (Fsp3) is 0.700. The zero-order chi connectivity index (χ0) is 25.9. The molecule has 0 aromatic carbocycles. The van der Waals surface area contributed by atoms with Crippen LogP contribution in [0, 0.1) is 11.8 Å². The van der Waals surface area contributed by atoms with E-state index in [0.29, 0.717) is 0 Å². The molecule has 0 saturated heterocycles. The van der Waals surface area contributed by atoms with Crippen LogP contribution in [0.5, 0.6) is 0 Å². The highest BCUT2D eigenvalue weighted by Gasteiger charge is 2.32. The number of amides is 3. The van der Waals surface area contributed by atoms with Gasteiger partial charge in [-0.15, -0.1) is 0 Å². The molecule has 0 fully saturated rings. The molecule has 8 N–H and O–H groups in total. The van der Waals surface area contributed by atoms with E-state index < -0.39 is 72.6 Å². The molecule has 0 aromatic heterocycles. The van der Waals surface area contributed by atoms with Gasteiger partial charge in [-0.1, -0.05) is 27.7 Å². The maximum absolute atomic E-state index is 12.7. The van der Waals surface area contributed by atoms with E-state index in [2.05, 4.69) is 16.0 Å². The zero-order valence-electron chi connectivity index (χ0n) is 19.2. The van der Waals surface area contributed by atoms with E-state index >= 15 is 0 Å². The molecule has 0 radical (unpaired) electrons. The standard InChI is InChI=1S/C20H34N4O9/c1-9(2)7-13(20(32)33)24-18(30)12(8-15(27)28)23-17(29)11(5-6-14(25)26)22-19(31)16(21)10(3)4/h9-13,16H,5-8,21H2,1-4H3,(H,22,31)(H,23,29)(H,24,30)(H,25,26)(H,27,28)(H,32,33). The van der Waals surface area contributed by atoms with Crippen molar-refractivity contribution in [3.05, 3.63) is 0 Å². The number of hydrogen-bond acceptors (Lipinski definition) is 7. The Bertz CT molecular complexity index is 739. The molecule has 0 heterocycles. The maximum Gasteiger partial charge on any atom is 0.326 e. The molecule has 0 spiro atoms. The fourth-order valence-corrected chi connectivity index (χ4v) is 2.73. The first-order valence-electron chi connectivity index (χ1n) is 10.5. The van der Waals surface area contributed by atoms with Gasteiger partial charge in [0.25, 0.3) is 0 Å². The van der Waals surface area contributed by atoms with Crippen LogP contribution in [0.1, 0.15) is 53.4 Å². The molecule has 0 aliphatic rings. The summed E-state index contributed by atoms with van der Waals surface area (Å²) in [7, 11) is 0. The van der Waals surface area contributed by atoms with Gasteiger partial charge < -0.3 is 37.0 Å². The summed E-state index contributed by atoms with van der Waals surface area (Å²) in [5, 5.41) is 34.0. The first kappa shape index (κ1) is 29.8. The quantitative estimate of drug-likeness (QED) is 0.151. The zero-order valence-corrected chi connectivity index (χ0v) is 19.2. The minimum Gasteiger partial charge on any atom is -0.481 e. The smallest absolute Gasteiger partial charge is 0.326 e. The average molecular weight is 475 g/mol. The summed E-state index contributed by atoms with van der Waals surface area (Å²) in [6, 6.07) is -5.37. The minimum absolute atomic E-state index is 0.0686. The summed E-state index contributed by atoms with van der Waals surface area (Å²) in [5.74, 6) is -7.16. The Balaban J connectivity index is 5.59. The molecule has 0 aromatic rings. The van der Waals surface area contributed by atoms with Gasteiger partial charge in [-0.05, 0) is 24.7 Å². The molecule has 188 valence electrons. The molecule has 0 aliphatic carbocycles. The van der Waals surface area contributed by atoms with Crippen molar-refractivity contribution >= 4 is 35.6 Å². The normalized spacial score (nSPS) is 14.6. The lowest BCUT2D eigenvalue weighted by molar-refractivity contribution is -0.144. The first-order valence-corrected chi connectivity index (χ1v) is 10.5. The minimum atomic E-state index is -1.66. The maximum atomic E-state index is 12.7. The Kier molecular flexibility index (Phi) is 12.7. The van der Waals surface area contributed by atoms with Crippen molar-refractivity contribution in [1.29, 1.82) is 0 Å². The lowest BCUT2D eigenvalue weighted by atomic mass is 10.0. The van der Waals surface area contributed by atoms with Gasteiger partial charge in [0.1, 0.15) is 18.1 Å². The van der Waals surface area contributed by atoms with E-state index in [-0.39, 0.29) is 24.7 Å². The van der Waals surface area contributed by atoms with Crippen molar-refractivity contribution in [2.75, 3.05) is 0 Å². The molecule has 4 unspecified atom stereocenters. The lowest BCUT2D eigenvalue weighted by Crippen LogP contribution is -2.58. The number of nitrogens with one attached hydrogen (secondary N) is 3. The SMILES string of the molecule is CC(C)CC(NC(=O)C(CC(=O)O)NC(=O)C(CCC(=O)O)NC(=O)C(N)C(C)C)C(=O)O. The van der Waals surface area contributed by atoms with Gasteiger partial charge in [-0.3, -0.25) is 24.0 Å². The van der Waals surface area contributed by atoms with E-state index in [1.165, 1.54) is 0 Å². The van der Waals surface area contributed by atoms with Crippen LogP contribution in [0.2, 0.25) is 0 Å². The molecule has 0 saturated carbocycles. The topological polar surface area (TPSA) is 225 Å². The van der Waals surface area contributed by atoms with Crippen LogP contribution in [0.15, 0.2) is 0 Å². The summed E-state index contributed by atoms with van der Waals surface area (Å²) < 4.78 is 0. The van der Waals surface area contributed by atoms with Gasteiger partial charge in [-0.25, -0.2) is 4.79 Å². The van der Waals surface area contributed by atoms with Gasteiger partial charge in [0.2, 0.25) is 17.7 Å². The summed E-state index contributed by atoms with van der Waals surface area (Å²) in [5.41, 5.74) is 5.75.